The summed E-state index contributed by atoms with van der Waals surface area (Å²) in [5, 5.41) is 10.4. The predicted molar refractivity (Wildman–Crippen MR) is 99.9 cm³/mol. The van der Waals surface area contributed by atoms with Gasteiger partial charge in [-0.1, -0.05) is 20.8 Å². The van der Waals surface area contributed by atoms with Crippen LogP contribution in [0.1, 0.15) is 33.3 Å². The molecular formula is C17H29N3O3Si. The maximum atomic E-state index is 11.9. The third kappa shape index (κ3) is 5.97. The molecule has 0 aromatic heterocycles. The van der Waals surface area contributed by atoms with E-state index in [9.17, 15) is 4.79 Å². The Morgan fingerprint density at radius 1 is 1.29 bits per heavy atom. The van der Waals surface area contributed by atoms with Crippen molar-refractivity contribution in [1.82, 2.24) is 5.32 Å². The molecule has 1 aromatic rings. The molecule has 0 aliphatic carbocycles. The predicted octanol–water partition coefficient (Wildman–Crippen LogP) is 3.73. The van der Waals surface area contributed by atoms with E-state index < -0.39 is 20.5 Å². The summed E-state index contributed by atoms with van der Waals surface area (Å²) in [4.78, 5) is 11.9. The molecule has 1 amide bonds. The van der Waals surface area contributed by atoms with Crippen molar-refractivity contribution < 1.29 is 14.0 Å². The van der Waals surface area contributed by atoms with Gasteiger partial charge in [-0.05, 0) is 49.3 Å². The molecule has 0 saturated heterocycles. The molecule has 7 heteroatoms. The van der Waals surface area contributed by atoms with Crippen LogP contribution in [0.3, 0.4) is 0 Å². The molecule has 1 rings (SSSR count). The molecule has 0 radical (unpaired) electrons. The Morgan fingerprint density at radius 3 is 2.33 bits per heavy atom. The van der Waals surface area contributed by atoms with Gasteiger partial charge in [0.15, 0.2) is 8.32 Å². The number of amides is 1. The van der Waals surface area contributed by atoms with Crippen molar-refractivity contribution >= 4 is 25.9 Å². The second-order valence-corrected chi connectivity index (χ2v) is 12.2. The van der Waals surface area contributed by atoms with Crippen LogP contribution in [0, 0.1) is 5.41 Å². The SMILES string of the molecule is CC(CO[Si](C)(C)C(C)(C)C)OC(=O)NC(=N)c1ccc(N)cc1. The molecule has 0 spiro atoms. The van der Waals surface area contributed by atoms with Gasteiger partial charge in [-0.15, -0.1) is 0 Å². The van der Waals surface area contributed by atoms with Gasteiger partial charge in [0.1, 0.15) is 11.9 Å². The molecule has 0 saturated carbocycles. The lowest BCUT2D eigenvalue weighted by atomic mass is 10.2. The van der Waals surface area contributed by atoms with Gasteiger partial charge in [-0.3, -0.25) is 10.7 Å². The Morgan fingerprint density at radius 2 is 1.83 bits per heavy atom. The Bertz CT molecular complexity index is 580. The van der Waals surface area contributed by atoms with E-state index in [1.54, 1.807) is 31.2 Å². The van der Waals surface area contributed by atoms with E-state index in [1.165, 1.54) is 0 Å². The minimum Gasteiger partial charge on any atom is -0.444 e. The number of alkyl carbamates (subject to hydrolysis) is 1. The van der Waals surface area contributed by atoms with E-state index in [0.717, 1.165) is 0 Å². The summed E-state index contributed by atoms with van der Waals surface area (Å²) in [7, 11) is -1.87. The number of carbonyl (C=O) groups is 1. The monoisotopic (exact) mass is 351 g/mol. The van der Waals surface area contributed by atoms with Crippen LogP contribution in [0.2, 0.25) is 18.1 Å². The number of anilines is 1. The van der Waals surface area contributed by atoms with Crippen molar-refractivity contribution in [2.24, 2.45) is 0 Å². The van der Waals surface area contributed by atoms with E-state index in [0.29, 0.717) is 17.9 Å². The first-order valence-corrected chi connectivity index (χ1v) is 10.9. The van der Waals surface area contributed by atoms with Crippen molar-refractivity contribution in [3.8, 4) is 0 Å². The molecular weight excluding hydrogens is 322 g/mol. The standard InChI is InChI=1S/C17H29N3O3Si/c1-12(11-22-24(5,6)17(2,3)4)23-16(21)20-15(19)13-7-9-14(18)10-8-13/h7-10,12H,11,18H2,1-6H3,(H2,19,20,21). The van der Waals surface area contributed by atoms with Gasteiger partial charge in [-0.2, -0.15) is 0 Å². The van der Waals surface area contributed by atoms with Crippen LogP contribution >= 0.6 is 0 Å². The zero-order valence-electron chi connectivity index (χ0n) is 15.4. The summed E-state index contributed by atoms with van der Waals surface area (Å²) >= 11 is 0. The number of ether oxygens (including phenoxy) is 1. The second kappa shape index (κ2) is 7.81. The van der Waals surface area contributed by atoms with Crippen molar-refractivity contribution in [3.05, 3.63) is 29.8 Å². The van der Waals surface area contributed by atoms with Crippen LogP contribution in [-0.4, -0.2) is 33.0 Å². The first kappa shape index (κ1) is 20.2. The number of nitrogen functional groups attached to an aromatic ring is 1. The molecule has 0 fully saturated rings. The van der Waals surface area contributed by atoms with Crippen molar-refractivity contribution in [2.75, 3.05) is 12.3 Å². The van der Waals surface area contributed by atoms with Crippen LogP contribution in [0.4, 0.5) is 10.5 Å². The molecule has 24 heavy (non-hydrogen) atoms. The van der Waals surface area contributed by atoms with Crippen LogP contribution < -0.4 is 11.1 Å². The number of amidine groups is 1. The van der Waals surface area contributed by atoms with Crippen molar-refractivity contribution in [2.45, 2.75) is 51.9 Å². The fourth-order valence-corrected chi connectivity index (χ4v) is 2.70. The van der Waals surface area contributed by atoms with Crippen LogP contribution in [-0.2, 0) is 9.16 Å². The largest absolute Gasteiger partial charge is 0.444 e. The lowest BCUT2D eigenvalue weighted by Gasteiger charge is -2.36. The molecule has 0 aliphatic rings. The Hall–Kier alpha value is -1.86. The van der Waals surface area contributed by atoms with Gasteiger partial charge in [0.05, 0.1) is 6.61 Å². The summed E-state index contributed by atoms with van der Waals surface area (Å²) in [6, 6.07) is 6.68. The molecule has 134 valence electrons. The van der Waals surface area contributed by atoms with Gasteiger partial charge in [-0.25, -0.2) is 4.79 Å². The number of benzene rings is 1. The number of carbonyl (C=O) groups excluding carboxylic acids is 1. The summed E-state index contributed by atoms with van der Waals surface area (Å²) in [6.07, 6.45) is -1.05. The van der Waals surface area contributed by atoms with E-state index in [-0.39, 0.29) is 10.9 Å². The number of nitrogens with one attached hydrogen (secondary N) is 2. The van der Waals surface area contributed by atoms with Crippen LogP contribution in [0.25, 0.3) is 0 Å². The minimum absolute atomic E-state index is 0.0301. The van der Waals surface area contributed by atoms with E-state index in [2.05, 4.69) is 39.2 Å². The first-order chi connectivity index (χ1) is 10.9. The smallest absolute Gasteiger partial charge is 0.413 e. The van der Waals surface area contributed by atoms with Crippen molar-refractivity contribution in [3.63, 3.8) is 0 Å². The summed E-state index contributed by atoms with van der Waals surface area (Å²) in [6.45, 7) is 12.9. The number of rotatable bonds is 5. The van der Waals surface area contributed by atoms with Gasteiger partial charge in [0.2, 0.25) is 0 Å². The normalized spacial score (nSPS) is 13.2. The zero-order chi connectivity index (χ0) is 18.5. The maximum Gasteiger partial charge on any atom is 0.413 e. The number of nitrogens with two attached hydrogens (primary N) is 1. The molecule has 0 heterocycles. The summed E-state index contributed by atoms with van der Waals surface area (Å²) < 4.78 is 11.3. The maximum absolute atomic E-state index is 11.9. The quantitative estimate of drug-likeness (QED) is 0.326. The molecule has 1 unspecified atom stereocenters. The zero-order valence-corrected chi connectivity index (χ0v) is 16.4. The number of hydrogen-bond acceptors (Lipinski definition) is 5. The molecule has 0 aliphatic heterocycles. The second-order valence-electron chi connectivity index (χ2n) is 7.41. The third-order valence-electron chi connectivity index (χ3n) is 4.22. The van der Waals surface area contributed by atoms with Crippen LogP contribution in [0.5, 0.6) is 0 Å². The van der Waals surface area contributed by atoms with Gasteiger partial charge in [0, 0.05) is 11.3 Å². The van der Waals surface area contributed by atoms with E-state index in [1.807, 2.05) is 0 Å². The Balaban J connectivity index is 2.47. The lowest BCUT2D eigenvalue weighted by molar-refractivity contribution is 0.0745. The lowest BCUT2D eigenvalue weighted by Crippen LogP contribution is -2.43. The fourth-order valence-electron chi connectivity index (χ4n) is 1.61. The van der Waals surface area contributed by atoms with E-state index in [4.69, 9.17) is 20.3 Å². The first-order valence-electron chi connectivity index (χ1n) is 7.98. The third-order valence-corrected chi connectivity index (χ3v) is 8.72. The molecule has 6 nitrogen and oxygen atoms in total. The Labute approximate surface area is 145 Å². The highest BCUT2D eigenvalue weighted by Gasteiger charge is 2.37. The van der Waals surface area contributed by atoms with Gasteiger partial charge in [0.25, 0.3) is 0 Å². The minimum atomic E-state index is -1.87. The topological polar surface area (TPSA) is 97.4 Å². The van der Waals surface area contributed by atoms with Gasteiger partial charge < -0.3 is 14.9 Å². The average molecular weight is 352 g/mol. The molecule has 0 bridgehead atoms. The van der Waals surface area contributed by atoms with Gasteiger partial charge >= 0.3 is 6.09 Å². The Kier molecular flexibility index (Phi) is 6.56. The van der Waals surface area contributed by atoms with Crippen molar-refractivity contribution in [1.29, 1.82) is 5.41 Å². The molecule has 4 N–H and O–H groups in total. The highest BCUT2D eigenvalue weighted by atomic mass is 28.4. The number of hydrogen-bond donors (Lipinski definition) is 3. The highest BCUT2D eigenvalue weighted by Crippen LogP contribution is 2.36. The molecule has 1 atom stereocenters. The highest BCUT2D eigenvalue weighted by molar-refractivity contribution is 6.74. The van der Waals surface area contributed by atoms with Crippen LogP contribution in [0.15, 0.2) is 24.3 Å². The molecule has 1 aromatic carbocycles. The summed E-state index contributed by atoms with van der Waals surface area (Å²) in [5.74, 6) is -0.0301. The average Bonchev–Trinajstić information content (AvgIpc) is 2.44. The fraction of sp³-hybridized carbons (Fsp3) is 0.529. The van der Waals surface area contributed by atoms with E-state index >= 15 is 0 Å². The summed E-state index contributed by atoms with van der Waals surface area (Å²) in [5.41, 5.74) is 6.76.